The van der Waals surface area contributed by atoms with E-state index >= 15 is 0 Å². The number of rotatable bonds is 2. The fourth-order valence-electron chi connectivity index (χ4n) is 0.837. The van der Waals surface area contributed by atoms with E-state index in [4.69, 9.17) is 16.8 Å². The maximum atomic E-state index is 8.61. The van der Waals surface area contributed by atoms with Crippen molar-refractivity contribution in [2.75, 3.05) is 0 Å². The molecule has 0 aliphatic carbocycles. The van der Waals surface area contributed by atoms with Gasteiger partial charge in [0.05, 0.1) is 5.70 Å². The highest BCUT2D eigenvalue weighted by Gasteiger charge is 2.02. The van der Waals surface area contributed by atoms with Gasteiger partial charge >= 0.3 is 0 Å². The topological polar surface area (TPSA) is 101 Å². The predicted octanol–water partition coefficient (Wildman–Crippen LogP) is -0.304. The van der Waals surface area contributed by atoms with E-state index in [0.29, 0.717) is 5.56 Å². The third kappa shape index (κ3) is 1.95. The molecule has 0 atom stereocenters. The van der Waals surface area contributed by atoms with E-state index in [1.165, 1.54) is 0 Å². The molecule has 5 nitrogen and oxygen atoms in total. The molecule has 0 aliphatic heterocycles. The van der Waals surface area contributed by atoms with E-state index in [1.807, 2.05) is 6.07 Å². The van der Waals surface area contributed by atoms with Crippen LogP contribution in [0.5, 0.6) is 0 Å². The highest BCUT2D eigenvalue weighted by molar-refractivity contribution is 5.67. The molecule has 13 heavy (non-hydrogen) atoms. The molecule has 1 rings (SSSR count). The molecular weight excluding hydrogens is 166 g/mol. The third-order valence-corrected chi connectivity index (χ3v) is 1.50. The first-order valence-corrected chi connectivity index (χ1v) is 3.56. The number of aromatic nitrogens is 1. The maximum Gasteiger partial charge on any atom is 0.151 e. The van der Waals surface area contributed by atoms with Gasteiger partial charge in [-0.25, -0.2) is 5.84 Å². The number of pyridine rings is 1. The van der Waals surface area contributed by atoms with Crippen molar-refractivity contribution in [1.29, 1.82) is 5.26 Å². The van der Waals surface area contributed by atoms with Crippen LogP contribution in [0.25, 0.3) is 5.70 Å². The van der Waals surface area contributed by atoms with E-state index in [-0.39, 0.29) is 11.4 Å². The first-order chi connectivity index (χ1) is 6.29. The smallest absolute Gasteiger partial charge is 0.151 e. The number of nitrogens with zero attached hydrogens (tertiary/aromatic N) is 2. The average Bonchev–Trinajstić information content (AvgIpc) is 2.21. The van der Waals surface area contributed by atoms with Gasteiger partial charge < -0.3 is 11.2 Å². The molecule has 5 N–H and O–H groups in total. The second kappa shape index (κ2) is 4.09. The molecule has 0 fully saturated rings. The summed E-state index contributed by atoms with van der Waals surface area (Å²) in [4.78, 5) is 3.86. The van der Waals surface area contributed by atoms with Gasteiger partial charge in [0.2, 0.25) is 0 Å². The number of nitrogens with one attached hydrogen (secondary N) is 1. The van der Waals surface area contributed by atoms with Crippen molar-refractivity contribution >= 4 is 5.70 Å². The third-order valence-electron chi connectivity index (χ3n) is 1.50. The molecule has 0 aromatic carbocycles. The average molecular weight is 175 g/mol. The highest BCUT2D eigenvalue weighted by atomic mass is 15.2. The van der Waals surface area contributed by atoms with Crippen molar-refractivity contribution in [2.45, 2.75) is 0 Å². The van der Waals surface area contributed by atoms with Gasteiger partial charge in [-0.2, -0.15) is 5.26 Å². The maximum absolute atomic E-state index is 8.61. The Bertz CT molecular complexity index is 349. The first-order valence-electron chi connectivity index (χ1n) is 3.56. The standard InChI is InChI=1S/C8H9N5/c9-4-7(13-11)8(10)6-2-1-3-12-5-6/h1-3,5,13H,10-11H2/b8-7-. The van der Waals surface area contributed by atoms with Gasteiger partial charge in [-0.15, -0.1) is 0 Å². The normalized spacial score (nSPS) is 11.4. The minimum atomic E-state index is 0.132. The van der Waals surface area contributed by atoms with Crippen LogP contribution in [0.3, 0.4) is 0 Å². The van der Waals surface area contributed by atoms with E-state index in [1.54, 1.807) is 24.5 Å². The van der Waals surface area contributed by atoms with Crippen molar-refractivity contribution in [1.82, 2.24) is 10.4 Å². The van der Waals surface area contributed by atoms with Gasteiger partial charge in [0.15, 0.2) is 5.70 Å². The van der Waals surface area contributed by atoms with Crippen LogP contribution in [0.1, 0.15) is 5.56 Å². The van der Waals surface area contributed by atoms with Crippen molar-refractivity contribution in [2.24, 2.45) is 11.6 Å². The zero-order valence-corrected chi connectivity index (χ0v) is 6.86. The summed E-state index contributed by atoms with van der Waals surface area (Å²) in [5, 5.41) is 8.61. The Morgan fingerprint density at radius 2 is 2.38 bits per heavy atom. The minimum Gasteiger partial charge on any atom is -0.396 e. The number of nitrogens with two attached hydrogens (primary N) is 2. The Labute approximate surface area is 75.6 Å². The SMILES string of the molecule is N#C/C(NN)=C(/N)c1cccnc1. The Balaban J connectivity index is 3.11. The van der Waals surface area contributed by atoms with Crippen molar-refractivity contribution in [3.05, 3.63) is 35.8 Å². The molecule has 1 heterocycles. The lowest BCUT2D eigenvalue weighted by molar-refractivity contribution is 0.920. The predicted molar refractivity (Wildman–Crippen MR) is 48.3 cm³/mol. The molecule has 0 saturated carbocycles. The van der Waals surface area contributed by atoms with Crippen LogP contribution in [0.15, 0.2) is 30.2 Å². The second-order valence-electron chi connectivity index (χ2n) is 2.29. The molecular formula is C8H9N5. The van der Waals surface area contributed by atoms with Gasteiger partial charge in [0.25, 0.3) is 0 Å². The molecule has 0 aliphatic rings. The lowest BCUT2D eigenvalue weighted by Gasteiger charge is -2.03. The number of hydrogen-bond acceptors (Lipinski definition) is 5. The fraction of sp³-hybridized carbons (Fsp3) is 0. The van der Waals surface area contributed by atoms with Gasteiger partial charge in [0, 0.05) is 18.0 Å². The molecule has 1 aromatic heterocycles. The molecule has 66 valence electrons. The summed E-state index contributed by atoms with van der Waals surface area (Å²) in [7, 11) is 0. The first kappa shape index (κ1) is 9.03. The molecule has 0 radical (unpaired) electrons. The van der Waals surface area contributed by atoms with Crippen molar-refractivity contribution < 1.29 is 0 Å². The van der Waals surface area contributed by atoms with Crippen LogP contribution in [0.2, 0.25) is 0 Å². The number of hydrazine groups is 1. The number of nitriles is 1. The summed E-state index contributed by atoms with van der Waals surface area (Å²) in [6.45, 7) is 0. The monoisotopic (exact) mass is 175 g/mol. The molecule has 5 heteroatoms. The van der Waals surface area contributed by atoms with E-state index in [0.717, 1.165) is 0 Å². The quantitative estimate of drug-likeness (QED) is 0.325. The largest absolute Gasteiger partial charge is 0.396 e. The Kier molecular flexibility index (Phi) is 2.84. The van der Waals surface area contributed by atoms with E-state index in [9.17, 15) is 0 Å². The lowest BCUT2D eigenvalue weighted by atomic mass is 10.2. The lowest BCUT2D eigenvalue weighted by Crippen LogP contribution is -2.23. The van der Waals surface area contributed by atoms with E-state index < -0.39 is 0 Å². The zero-order valence-electron chi connectivity index (χ0n) is 6.86. The van der Waals surface area contributed by atoms with Gasteiger partial charge in [-0.1, -0.05) is 0 Å². The molecule has 0 saturated heterocycles. The van der Waals surface area contributed by atoms with E-state index in [2.05, 4.69) is 10.4 Å². The van der Waals surface area contributed by atoms with Crippen LogP contribution in [-0.4, -0.2) is 4.98 Å². The Hall–Kier alpha value is -2.06. The molecule has 0 unspecified atom stereocenters. The summed E-state index contributed by atoms with van der Waals surface area (Å²) in [5.41, 5.74) is 8.94. The number of hydrogen-bond donors (Lipinski definition) is 3. The number of allylic oxidation sites excluding steroid dienone is 1. The van der Waals surface area contributed by atoms with Crippen LogP contribution in [0, 0.1) is 11.3 Å². The zero-order chi connectivity index (χ0) is 9.68. The fourth-order valence-corrected chi connectivity index (χ4v) is 0.837. The Morgan fingerprint density at radius 1 is 1.62 bits per heavy atom. The van der Waals surface area contributed by atoms with Crippen LogP contribution >= 0.6 is 0 Å². The summed E-state index contributed by atoms with van der Waals surface area (Å²) in [6.07, 6.45) is 3.18. The minimum absolute atomic E-state index is 0.132. The highest BCUT2D eigenvalue weighted by Crippen LogP contribution is 2.08. The van der Waals surface area contributed by atoms with Gasteiger partial charge in [-0.3, -0.25) is 4.98 Å². The molecule has 0 amide bonds. The second-order valence-corrected chi connectivity index (χ2v) is 2.29. The van der Waals surface area contributed by atoms with Crippen molar-refractivity contribution in [3.8, 4) is 6.07 Å². The Morgan fingerprint density at radius 3 is 2.85 bits per heavy atom. The molecule has 0 bridgehead atoms. The molecule has 0 spiro atoms. The van der Waals surface area contributed by atoms with Gasteiger partial charge in [-0.05, 0) is 12.1 Å². The van der Waals surface area contributed by atoms with Crippen LogP contribution in [-0.2, 0) is 0 Å². The van der Waals surface area contributed by atoms with Crippen molar-refractivity contribution in [3.63, 3.8) is 0 Å². The summed E-state index contributed by atoms with van der Waals surface area (Å²) >= 11 is 0. The summed E-state index contributed by atoms with van der Waals surface area (Å²) in [5.74, 6) is 5.09. The molecule has 1 aromatic rings. The summed E-state index contributed by atoms with van der Waals surface area (Å²) in [6, 6.07) is 5.32. The van der Waals surface area contributed by atoms with Gasteiger partial charge in [0.1, 0.15) is 6.07 Å². The van der Waals surface area contributed by atoms with Crippen LogP contribution in [0.4, 0.5) is 0 Å². The summed E-state index contributed by atoms with van der Waals surface area (Å²) < 4.78 is 0. The van der Waals surface area contributed by atoms with Crippen LogP contribution < -0.4 is 17.0 Å².